The number of fused-ring (bicyclic) bond motifs is 1. The van der Waals surface area contributed by atoms with E-state index in [9.17, 15) is 14.9 Å². The number of thiophene rings is 1. The van der Waals surface area contributed by atoms with Crippen LogP contribution in [0.2, 0.25) is 0 Å². The largest absolute Gasteiger partial charge is 0.379 e. The molecule has 2 amide bonds. The van der Waals surface area contributed by atoms with Gasteiger partial charge in [0.05, 0.1) is 35.8 Å². The van der Waals surface area contributed by atoms with Crippen LogP contribution >= 0.6 is 23.7 Å². The van der Waals surface area contributed by atoms with E-state index in [4.69, 9.17) is 4.74 Å². The van der Waals surface area contributed by atoms with Gasteiger partial charge in [0.25, 0.3) is 11.8 Å². The van der Waals surface area contributed by atoms with Crippen molar-refractivity contribution in [1.29, 1.82) is 5.26 Å². The number of anilines is 3. The minimum Gasteiger partial charge on any atom is -0.379 e. The standard InChI is InChI=1S/C31H33N7O3S.ClH/c1-20-7-8-23(35-28(39)21-5-4-6-22(15-21)31(2,3)19-32)16-24(20)36-29(40)26-17-25-30(42-26)37-27(18-34-25)33-9-10-38-11-13-41-14-12-38;/h4-8,15-18H,9-14H2,1-3H3,(H,33,37)(H,35,39)(H,36,40);1H. The molecule has 224 valence electrons. The van der Waals surface area contributed by atoms with Crippen LogP contribution in [0, 0.1) is 18.3 Å². The second kappa shape index (κ2) is 13.9. The molecule has 1 fully saturated rings. The van der Waals surface area contributed by atoms with Gasteiger partial charge in [0.15, 0.2) is 0 Å². The molecule has 2 aromatic heterocycles. The third kappa shape index (κ3) is 7.86. The van der Waals surface area contributed by atoms with Crippen LogP contribution in [0.5, 0.6) is 0 Å². The summed E-state index contributed by atoms with van der Waals surface area (Å²) in [5, 5.41) is 18.6. The number of nitrogens with zero attached hydrogens (tertiary/aromatic N) is 4. The first-order valence-corrected chi connectivity index (χ1v) is 14.6. The predicted octanol–water partition coefficient (Wildman–Crippen LogP) is 5.47. The Morgan fingerprint density at radius 3 is 2.65 bits per heavy atom. The molecule has 1 aliphatic heterocycles. The molecule has 4 aromatic rings. The SMILES string of the molecule is Cc1ccc(NC(=O)c2cccc(C(C)(C)C#N)c2)cc1NC(=O)c1cc2ncc(NCCN3CCOCC3)nc2s1.Cl. The normalized spacial score (nSPS) is 13.5. The van der Waals surface area contributed by atoms with E-state index in [1.807, 2.05) is 32.9 Å². The number of carbonyl (C=O) groups excluding carboxylic acids is 2. The van der Waals surface area contributed by atoms with Gasteiger partial charge in [0, 0.05) is 43.1 Å². The summed E-state index contributed by atoms with van der Waals surface area (Å²) in [7, 11) is 0. The van der Waals surface area contributed by atoms with Gasteiger partial charge in [-0.2, -0.15) is 5.26 Å². The van der Waals surface area contributed by atoms with E-state index in [-0.39, 0.29) is 24.2 Å². The van der Waals surface area contributed by atoms with Crippen LogP contribution < -0.4 is 16.0 Å². The number of amides is 2. The topological polar surface area (TPSA) is 132 Å². The van der Waals surface area contributed by atoms with Crippen molar-refractivity contribution in [1.82, 2.24) is 14.9 Å². The highest BCUT2D eigenvalue weighted by Crippen LogP contribution is 2.27. The maximum Gasteiger partial charge on any atom is 0.265 e. The van der Waals surface area contributed by atoms with Crippen LogP contribution in [-0.4, -0.2) is 66.1 Å². The molecule has 0 saturated carbocycles. The Morgan fingerprint density at radius 2 is 1.88 bits per heavy atom. The van der Waals surface area contributed by atoms with Crippen LogP contribution in [0.1, 0.15) is 45.0 Å². The first kappa shape index (κ1) is 31.8. The molecule has 3 heterocycles. The second-order valence-electron chi connectivity index (χ2n) is 10.7. The summed E-state index contributed by atoms with van der Waals surface area (Å²) in [5.41, 5.74) is 3.13. The Morgan fingerprint density at radius 1 is 1.09 bits per heavy atom. The van der Waals surface area contributed by atoms with Crippen molar-refractivity contribution in [3.8, 4) is 6.07 Å². The smallest absolute Gasteiger partial charge is 0.265 e. The van der Waals surface area contributed by atoms with Gasteiger partial charge >= 0.3 is 0 Å². The average Bonchev–Trinajstić information content (AvgIpc) is 3.43. The monoisotopic (exact) mass is 619 g/mol. The third-order valence-corrected chi connectivity index (χ3v) is 8.19. The van der Waals surface area contributed by atoms with Crippen molar-refractivity contribution in [2.75, 3.05) is 55.3 Å². The van der Waals surface area contributed by atoms with Crippen LogP contribution in [0.4, 0.5) is 17.2 Å². The zero-order chi connectivity index (χ0) is 29.7. The van der Waals surface area contributed by atoms with E-state index in [1.54, 1.807) is 42.6 Å². The van der Waals surface area contributed by atoms with Gasteiger partial charge in [0.2, 0.25) is 0 Å². The lowest BCUT2D eigenvalue weighted by molar-refractivity contribution is 0.0398. The molecule has 0 unspecified atom stereocenters. The molecule has 0 atom stereocenters. The molecule has 2 aromatic carbocycles. The minimum atomic E-state index is -0.712. The molecular formula is C31H34ClN7O3S. The van der Waals surface area contributed by atoms with Gasteiger partial charge in [-0.25, -0.2) is 9.97 Å². The van der Waals surface area contributed by atoms with Crippen molar-refractivity contribution in [3.05, 3.63) is 76.3 Å². The van der Waals surface area contributed by atoms with Gasteiger partial charge in [-0.1, -0.05) is 18.2 Å². The Hall–Kier alpha value is -4.08. The van der Waals surface area contributed by atoms with E-state index < -0.39 is 5.41 Å². The highest BCUT2D eigenvalue weighted by Gasteiger charge is 2.21. The number of hydrogen-bond donors (Lipinski definition) is 3. The highest BCUT2D eigenvalue weighted by atomic mass is 35.5. The van der Waals surface area contributed by atoms with Gasteiger partial charge in [-0.3, -0.25) is 14.5 Å². The van der Waals surface area contributed by atoms with Crippen molar-refractivity contribution in [2.45, 2.75) is 26.2 Å². The van der Waals surface area contributed by atoms with Crippen LogP contribution in [0.15, 0.2) is 54.7 Å². The van der Waals surface area contributed by atoms with Crippen molar-refractivity contribution >= 4 is 63.1 Å². The number of hydrogen-bond acceptors (Lipinski definition) is 9. The molecule has 0 bridgehead atoms. The number of nitriles is 1. The lowest BCUT2D eigenvalue weighted by Gasteiger charge is -2.26. The minimum absolute atomic E-state index is 0. The van der Waals surface area contributed by atoms with Crippen molar-refractivity contribution in [3.63, 3.8) is 0 Å². The first-order valence-electron chi connectivity index (χ1n) is 13.8. The summed E-state index contributed by atoms with van der Waals surface area (Å²) in [6.45, 7) is 10.5. The zero-order valence-electron chi connectivity index (χ0n) is 24.3. The van der Waals surface area contributed by atoms with Crippen LogP contribution in [0.3, 0.4) is 0 Å². The summed E-state index contributed by atoms with van der Waals surface area (Å²) < 4.78 is 5.39. The Bertz CT molecular complexity index is 1660. The van der Waals surface area contributed by atoms with Gasteiger partial charge in [-0.05, 0) is 62.2 Å². The number of halogens is 1. The molecule has 12 heteroatoms. The van der Waals surface area contributed by atoms with Gasteiger partial charge < -0.3 is 20.7 Å². The molecular weight excluding hydrogens is 586 g/mol. The summed E-state index contributed by atoms with van der Waals surface area (Å²) in [6.07, 6.45) is 1.68. The molecule has 5 rings (SSSR count). The summed E-state index contributed by atoms with van der Waals surface area (Å²) in [6, 6.07) is 16.4. The molecule has 10 nitrogen and oxygen atoms in total. The Balaban J connectivity index is 0.00000423. The highest BCUT2D eigenvalue weighted by molar-refractivity contribution is 7.20. The maximum absolute atomic E-state index is 13.2. The van der Waals surface area contributed by atoms with Crippen LogP contribution in [0.25, 0.3) is 10.3 Å². The van der Waals surface area contributed by atoms with E-state index in [2.05, 4.69) is 36.9 Å². The maximum atomic E-state index is 13.2. The summed E-state index contributed by atoms with van der Waals surface area (Å²) in [4.78, 5) is 38.8. The zero-order valence-corrected chi connectivity index (χ0v) is 25.9. The Kier molecular flexibility index (Phi) is 10.3. The fourth-order valence-corrected chi connectivity index (χ4v) is 5.40. The lowest BCUT2D eigenvalue weighted by Crippen LogP contribution is -2.39. The van der Waals surface area contributed by atoms with Crippen LogP contribution in [-0.2, 0) is 10.2 Å². The molecule has 1 aliphatic rings. The molecule has 0 aliphatic carbocycles. The number of rotatable bonds is 9. The van der Waals surface area contributed by atoms with E-state index in [0.29, 0.717) is 38.0 Å². The summed E-state index contributed by atoms with van der Waals surface area (Å²) in [5.74, 6) is 0.0907. The second-order valence-corrected chi connectivity index (χ2v) is 11.7. The fourth-order valence-electron chi connectivity index (χ4n) is 4.51. The third-order valence-electron chi connectivity index (χ3n) is 7.17. The molecule has 0 spiro atoms. The van der Waals surface area contributed by atoms with Gasteiger partial charge in [-0.15, -0.1) is 23.7 Å². The van der Waals surface area contributed by atoms with E-state index in [0.717, 1.165) is 50.5 Å². The van der Waals surface area contributed by atoms with E-state index in [1.165, 1.54) is 11.3 Å². The lowest BCUT2D eigenvalue weighted by atomic mass is 9.85. The molecule has 3 N–H and O–H groups in total. The molecule has 0 radical (unpaired) electrons. The van der Waals surface area contributed by atoms with Crippen molar-refractivity contribution in [2.24, 2.45) is 0 Å². The van der Waals surface area contributed by atoms with E-state index >= 15 is 0 Å². The number of nitrogens with one attached hydrogen (secondary N) is 3. The average molecular weight is 620 g/mol. The number of benzene rings is 2. The number of aromatic nitrogens is 2. The first-order chi connectivity index (χ1) is 20.2. The molecule has 1 saturated heterocycles. The van der Waals surface area contributed by atoms with Gasteiger partial charge in [0.1, 0.15) is 16.2 Å². The predicted molar refractivity (Wildman–Crippen MR) is 173 cm³/mol. The van der Waals surface area contributed by atoms with Crippen molar-refractivity contribution < 1.29 is 14.3 Å². The number of carbonyl (C=O) groups is 2. The quantitative estimate of drug-likeness (QED) is 0.225. The number of morpholine rings is 1. The summed E-state index contributed by atoms with van der Waals surface area (Å²) >= 11 is 1.28. The molecule has 43 heavy (non-hydrogen) atoms. The fraction of sp³-hybridized carbons (Fsp3) is 0.323. The number of ether oxygens (including phenoxy) is 1. The Labute approximate surface area is 260 Å². The number of aryl methyl sites for hydroxylation is 1.